The first kappa shape index (κ1) is 59.1. The minimum atomic E-state index is -2.09. The van der Waals surface area contributed by atoms with E-state index in [0.29, 0.717) is 11.4 Å². The number of aliphatic imine (C=N–C) groups is 1. The van der Waals surface area contributed by atoms with Crippen molar-refractivity contribution in [3.05, 3.63) is 52.1 Å². The van der Waals surface area contributed by atoms with Gasteiger partial charge < -0.3 is 80.0 Å². The van der Waals surface area contributed by atoms with Crippen LogP contribution in [0, 0.1) is 0 Å². The number of carbonyl (C=O) groups is 11. The van der Waals surface area contributed by atoms with Crippen molar-refractivity contribution < 1.29 is 78.3 Å². The average Bonchev–Trinajstić information content (AvgIpc) is 3.31. The number of benzene rings is 1. The number of H-pyrrole nitrogens is 1. The number of nitrogens with two attached hydrogens (primary N) is 3. The Labute approximate surface area is 420 Å². The highest BCUT2D eigenvalue weighted by molar-refractivity contribution is 7.98. The van der Waals surface area contributed by atoms with Crippen LogP contribution in [0.15, 0.2) is 40.2 Å². The highest BCUT2D eigenvalue weighted by atomic mass is 32.2. The minimum Gasteiger partial charge on any atom is -0.481 e. The molecule has 400 valence electrons. The Hall–Kier alpha value is -9.17. The van der Waals surface area contributed by atoms with Crippen LogP contribution >= 0.6 is 11.8 Å². The molecule has 3 rings (SSSR count). The summed E-state index contributed by atoms with van der Waals surface area (Å²) >= 11 is 1.01. The minimum absolute atomic E-state index is 0.000447. The second-order valence-electron chi connectivity index (χ2n) is 15.7. The second kappa shape index (κ2) is 28.6. The van der Waals surface area contributed by atoms with E-state index in [2.05, 4.69) is 56.8 Å². The molecule has 33 heteroatoms. The molecule has 1 aromatic carbocycles. The first-order valence-corrected chi connectivity index (χ1v) is 23.1. The quantitative estimate of drug-likeness (QED) is 0.0163. The summed E-state index contributed by atoms with van der Waals surface area (Å²) < 4.78 is 0. The lowest BCUT2D eigenvalue weighted by molar-refractivity contribution is -0.144. The van der Waals surface area contributed by atoms with Crippen LogP contribution in [0.3, 0.4) is 0 Å². The number of thioether (sulfide) groups is 1. The van der Waals surface area contributed by atoms with Crippen LogP contribution in [0.5, 0.6) is 0 Å². The molecule has 19 N–H and O–H groups in total. The number of aromatic nitrogens is 4. The van der Waals surface area contributed by atoms with Crippen LogP contribution in [-0.4, -0.2) is 172 Å². The molecular formula is C41H53N15O17S. The van der Waals surface area contributed by atoms with Gasteiger partial charge in [-0.05, 0) is 49.8 Å². The van der Waals surface area contributed by atoms with Crippen molar-refractivity contribution >= 4 is 106 Å². The summed E-state index contributed by atoms with van der Waals surface area (Å²) in [4.78, 5) is 169. The Morgan fingerprint density at radius 1 is 0.676 bits per heavy atom. The molecule has 6 atom stereocenters. The van der Waals surface area contributed by atoms with Gasteiger partial charge in [-0.3, -0.25) is 57.9 Å². The maximum Gasteiger partial charge on any atom is 0.327 e. The SMILES string of the molecule is CSC[C@H](NC(=O)C(CC(=O)O)NC(=O)[C@H](CC(=O)O)NC(=O)C(CCCN=C(N)N)NC(=O)[C@H](CC(=O)O)NC(=O)CC[C@H](NC(=O)c1ccc(NCc2cnc3nc(N)[nH]c(=O)c3n2)cc1)C(=O)O)C(=O)O. The maximum atomic E-state index is 13.7. The van der Waals surface area contributed by atoms with E-state index >= 15 is 0 Å². The smallest absolute Gasteiger partial charge is 0.327 e. The van der Waals surface area contributed by atoms with Gasteiger partial charge in [0.15, 0.2) is 17.1 Å². The van der Waals surface area contributed by atoms with Gasteiger partial charge in [0.05, 0.1) is 37.7 Å². The fourth-order valence-corrected chi connectivity index (χ4v) is 6.94. The molecule has 0 saturated carbocycles. The van der Waals surface area contributed by atoms with Gasteiger partial charge in [0, 0.05) is 30.0 Å². The Kier molecular flexibility index (Phi) is 22.9. The van der Waals surface area contributed by atoms with Crippen LogP contribution in [-0.2, 0) is 54.5 Å². The molecule has 0 radical (unpaired) electrons. The first-order chi connectivity index (χ1) is 34.9. The lowest BCUT2D eigenvalue weighted by Gasteiger charge is -2.26. The molecule has 0 saturated heterocycles. The molecule has 6 amide bonds. The van der Waals surface area contributed by atoms with Crippen molar-refractivity contribution in [2.75, 3.05) is 29.6 Å². The van der Waals surface area contributed by atoms with Crippen molar-refractivity contribution in [2.45, 2.75) is 87.7 Å². The summed E-state index contributed by atoms with van der Waals surface area (Å²) in [5, 5.41) is 63.6. The Bertz CT molecular complexity index is 2680. The number of carbonyl (C=O) groups excluding carboxylic acids is 6. The number of rotatable bonds is 31. The van der Waals surface area contributed by atoms with Gasteiger partial charge in [-0.25, -0.2) is 19.6 Å². The van der Waals surface area contributed by atoms with Gasteiger partial charge in [0.25, 0.3) is 11.5 Å². The monoisotopic (exact) mass is 1060 g/mol. The second-order valence-corrected chi connectivity index (χ2v) is 16.6. The zero-order chi connectivity index (χ0) is 55.2. The zero-order valence-electron chi connectivity index (χ0n) is 39.0. The van der Waals surface area contributed by atoms with E-state index in [-0.39, 0.29) is 53.9 Å². The topological polar surface area (TPSA) is 535 Å². The summed E-state index contributed by atoms with van der Waals surface area (Å²) in [6.45, 7) is -0.0757. The average molecular weight is 1060 g/mol. The number of nitrogens with one attached hydrogen (secondary N) is 8. The summed E-state index contributed by atoms with van der Waals surface area (Å²) in [5.74, 6) is -16.0. The number of hydrogen-bond acceptors (Lipinski definition) is 19. The zero-order valence-corrected chi connectivity index (χ0v) is 39.8. The molecule has 0 bridgehead atoms. The van der Waals surface area contributed by atoms with Crippen molar-refractivity contribution in [1.82, 2.24) is 51.8 Å². The normalized spacial score (nSPS) is 13.2. The molecule has 0 spiro atoms. The lowest BCUT2D eigenvalue weighted by atomic mass is 10.1. The number of aromatic amines is 1. The largest absolute Gasteiger partial charge is 0.481 e. The summed E-state index contributed by atoms with van der Waals surface area (Å²) in [7, 11) is 0. The molecule has 0 aliphatic heterocycles. The van der Waals surface area contributed by atoms with Gasteiger partial charge in [0.2, 0.25) is 35.5 Å². The summed E-state index contributed by atoms with van der Waals surface area (Å²) in [6, 6.07) is -5.36. The van der Waals surface area contributed by atoms with Crippen LogP contribution in [0.2, 0.25) is 0 Å². The first-order valence-electron chi connectivity index (χ1n) is 21.7. The van der Waals surface area contributed by atoms with Crippen molar-refractivity contribution in [2.24, 2.45) is 16.5 Å². The number of nitrogens with zero attached hydrogens (tertiary/aromatic N) is 4. The molecule has 0 aliphatic carbocycles. The number of carboxylic acids is 5. The number of fused-ring (bicyclic) bond motifs is 1. The third-order valence-corrected chi connectivity index (χ3v) is 10.6. The molecule has 0 fully saturated rings. The van der Waals surface area contributed by atoms with Crippen molar-refractivity contribution in [3.63, 3.8) is 0 Å². The van der Waals surface area contributed by atoms with E-state index < -0.39 is 146 Å². The van der Waals surface area contributed by atoms with Gasteiger partial charge in [-0.1, -0.05) is 0 Å². The van der Waals surface area contributed by atoms with Crippen LogP contribution < -0.4 is 60.0 Å². The maximum absolute atomic E-state index is 13.7. The third-order valence-electron chi connectivity index (χ3n) is 9.95. The van der Waals surface area contributed by atoms with Crippen molar-refractivity contribution in [1.29, 1.82) is 0 Å². The number of hydrogen-bond donors (Lipinski definition) is 16. The lowest BCUT2D eigenvalue weighted by Crippen LogP contribution is -2.59. The summed E-state index contributed by atoms with van der Waals surface area (Å²) in [5.41, 5.74) is 16.5. The Balaban J connectivity index is 1.71. The predicted molar refractivity (Wildman–Crippen MR) is 257 cm³/mol. The van der Waals surface area contributed by atoms with E-state index in [9.17, 15) is 83.1 Å². The van der Waals surface area contributed by atoms with Gasteiger partial charge in [0.1, 0.15) is 36.3 Å². The van der Waals surface area contributed by atoms with Crippen LogP contribution in [0.1, 0.15) is 61.0 Å². The van der Waals surface area contributed by atoms with Gasteiger partial charge in [-0.2, -0.15) is 16.7 Å². The molecule has 2 aromatic heterocycles. The Morgan fingerprint density at radius 2 is 1.19 bits per heavy atom. The molecule has 2 heterocycles. The number of amides is 6. The van der Waals surface area contributed by atoms with E-state index in [4.69, 9.17) is 17.2 Å². The summed E-state index contributed by atoms with van der Waals surface area (Å²) in [6.07, 6.45) is -2.32. The molecule has 2 unspecified atom stereocenters. The van der Waals surface area contributed by atoms with E-state index in [1.54, 1.807) is 0 Å². The number of anilines is 2. The van der Waals surface area contributed by atoms with Gasteiger partial charge >= 0.3 is 29.8 Å². The number of aliphatic carboxylic acids is 5. The molecular weight excluding hydrogens is 1010 g/mol. The van der Waals surface area contributed by atoms with E-state index in [1.165, 1.54) is 36.7 Å². The molecule has 0 aliphatic rings. The van der Waals surface area contributed by atoms with Gasteiger partial charge in [-0.15, -0.1) is 0 Å². The van der Waals surface area contributed by atoms with Crippen molar-refractivity contribution in [3.8, 4) is 0 Å². The fourth-order valence-electron chi connectivity index (χ4n) is 6.38. The van der Waals surface area contributed by atoms with Crippen LogP contribution in [0.25, 0.3) is 11.2 Å². The van der Waals surface area contributed by atoms with Crippen LogP contribution in [0.4, 0.5) is 11.6 Å². The third kappa shape index (κ3) is 19.9. The molecule has 3 aromatic rings. The van der Waals surface area contributed by atoms with E-state index in [1.807, 2.05) is 5.32 Å². The standard InChI is InChI=1S/C41H53N15O17S/c1-74-16-25(39(72)73)54-36(68)24(13-29(62)63)53-35(67)23(12-28(60)61)52-33(65)20(3-2-10-45-40(42)43)50-34(66)22(11-27(58)59)49-26(57)9-8-21(38(70)71)51-32(64)17-4-6-18(7-5-17)46-14-19-15-47-31-30(48-19)37(69)56-41(44)55-31/h4-7,15,20-25,46H,2-3,8-14,16H2,1H3,(H,49,57)(H,50,66)(H,51,64)(H,52,65)(H,53,67)(H,54,68)(H,58,59)(H,60,61)(H,62,63)(H,70,71)(H,72,73)(H4,42,43,45)(H3,44,47,55,56,69)/t20?,21-,22-,23-,24?,25-/m0/s1. The highest BCUT2D eigenvalue weighted by Crippen LogP contribution is 2.13. The number of guanidine groups is 1. The number of carboxylic acid groups (broad SMARTS) is 5. The predicted octanol–water partition coefficient (Wildman–Crippen LogP) is -4.78. The Morgan fingerprint density at radius 3 is 1.70 bits per heavy atom. The molecule has 74 heavy (non-hydrogen) atoms. The highest BCUT2D eigenvalue weighted by Gasteiger charge is 2.35. The molecule has 32 nitrogen and oxygen atoms in total. The van der Waals surface area contributed by atoms with E-state index in [0.717, 1.165) is 11.8 Å². The fraction of sp³-hybridized carbons (Fsp3) is 0.415. The number of nitrogen functional groups attached to an aromatic ring is 1.